The highest BCUT2D eigenvalue weighted by molar-refractivity contribution is 7.13. The maximum Gasteiger partial charge on any atom is 0.237 e. The SMILES string of the molecule is CC(C(=O)NCCn1ncc(-c2cnccn2)c1-c1cccs1)N1CCCC1. The molecule has 8 heteroatoms. The maximum absolute atomic E-state index is 12.5. The molecule has 1 aliphatic heterocycles. The van der Waals surface area contributed by atoms with E-state index in [9.17, 15) is 4.79 Å². The van der Waals surface area contributed by atoms with E-state index in [1.807, 2.05) is 29.2 Å². The molecule has 1 atom stereocenters. The molecule has 0 radical (unpaired) electrons. The van der Waals surface area contributed by atoms with Crippen molar-refractivity contribution in [1.82, 2.24) is 30.0 Å². The minimum Gasteiger partial charge on any atom is -0.353 e. The van der Waals surface area contributed by atoms with Crippen molar-refractivity contribution >= 4 is 17.2 Å². The molecule has 1 aliphatic rings. The largest absolute Gasteiger partial charge is 0.353 e. The first-order valence-corrected chi connectivity index (χ1v) is 10.5. The molecule has 146 valence electrons. The molecule has 0 spiro atoms. The summed E-state index contributed by atoms with van der Waals surface area (Å²) in [5, 5.41) is 9.67. The number of rotatable bonds is 7. The van der Waals surface area contributed by atoms with Gasteiger partial charge in [-0.3, -0.25) is 24.3 Å². The summed E-state index contributed by atoms with van der Waals surface area (Å²) in [5.41, 5.74) is 2.76. The number of nitrogens with one attached hydrogen (secondary N) is 1. The Morgan fingerprint density at radius 2 is 2.14 bits per heavy atom. The summed E-state index contributed by atoms with van der Waals surface area (Å²) in [6.07, 6.45) is 9.28. The lowest BCUT2D eigenvalue weighted by Crippen LogP contribution is -2.44. The fraction of sp³-hybridized carbons (Fsp3) is 0.400. The number of likely N-dealkylation sites (tertiary alicyclic amines) is 1. The van der Waals surface area contributed by atoms with Crippen LogP contribution < -0.4 is 5.32 Å². The Morgan fingerprint density at radius 1 is 1.29 bits per heavy atom. The van der Waals surface area contributed by atoms with Crippen molar-refractivity contribution in [1.29, 1.82) is 0 Å². The average Bonchev–Trinajstić information content (AvgIpc) is 3.48. The smallest absolute Gasteiger partial charge is 0.237 e. The van der Waals surface area contributed by atoms with Crippen molar-refractivity contribution < 1.29 is 4.79 Å². The van der Waals surface area contributed by atoms with Gasteiger partial charge in [0, 0.05) is 24.5 Å². The minimum atomic E-state index is -0.0768. The van der Waals surface area contributed by atoms with Gasteiger partial charge >= 0.3 is 0 Å². The summed E-state index contributed by atoms with van der Waals surface area (Å²) in [6, 6.07) is 4.02. The van der Waals surface area contributed by atoms with Gasteiger partial charge in [0.25, 0.3) is 0 Å². The third-order valence-electron chi connectivity index (χ3n) is 5.12. The summed E-state index contributed by atoms with van der Waals surface area (Å²) in [6.45, 7) is 5.15. The van der Waals surface area contributed by atoms with Crippen molar-refractivity contribution in [2.45, 2.75) is 32.4 Å². The van der Waals surface area contributed by atoms with E-state index < -0.39 is 0 Å². The molecule has 1 N–H and O–H groups in total. The molecule has 0 aliphatic carbocycles. The third kappa shape index (κ3) is 3.98. The van der Waals surface area contributed by atoms with Crippen molar-refractivity contribution in [3.8, 4) is 21.8 Å². The van der Waals surface area contributed by atoms with Crippen LogP contribution in [0, 0.1) is 0 Å². The zero-order chi connectivity index (χ0) is 19.3. The molecule has 7 nitrogen and oxygen atoms in total. The Hall–Kier alpha value is -2.58. The number of thiophene rings is 1. The number of nitrogens with zero attached hydrogens (tertiary/aromatic N) is 5. The molecule has 28 heavy (non-hydrogen) atoms. The van der Waals surface area contributed by atoms with E-state index in [2.05, 4.69) is 31.3 Å². The first kappa shape index (κ1) is 18.8. The lowest BCUT2D eigenvalue weighted by Gasteiger charge is -2.22. The second-order valence-electron chi connectivity index (χ2n) is 6.91. The highest BCUT2D eigenvalue weighted by Crippen LogP contribution is 2.33. The van der Waals surface area contributed by atoms with Crippen LogP contribution in [0.2, 0.25) is 0 Å². The Labute approximate surface area is 168 Å². The Bertz CT molecular complexity index is 902. The summed E-state index contributed by atoms with van der Waals surface area (Å²) < 4.78 is 1.94. The van der Waals surface area contributed by atoms with Crippen LogP contribution in [0.3, 0.4) is 0 Å². The van der Waals surface area contributed by atoms with Gasteiger partial charge < -0.3 is 5.32 Å². The molecule has 4 heterocycles. The molecule has 1 unspecified atom stereocenters. The van der Waals surface area contributed by atoms with Gasteiger partial charge in [0.15, 0.2) is 0 Å². The van der Waals surface area contributed by atoms with Crippen LogP contribution in [0.25, 0.3) is 21.8 Å². The predicted octanol–water partition coefficient (Wildman–Crippen LogP) is 2.67. The average molecular weight is 397 g/mol. The lowest BCUT2D eigenvalue weighted by molar-refractivity contribution is -0.125. The molecule has 0 aromatic carbocycles. The predicted molar refractivity (Wildman–Crippen MR) is 110 cm³/mol. The number of aromatic nitrogens is 4. The Balaban J connectivity index is 1.47. The van der Waals surface area contributed by atoms with Gasteiger partial charge in [-0.1, -0.05) is 6.07 Å². The van der Waals surface area contributed by atoms with E-state index in [1.165, 1.54) is 12.8 Å². The fourth-order valence-electron chi connectivity index (χ4n) is 3.58. The van der Waals surface area contributed by atoms with Crippen LogP contribution in [0.15, 0.2) is 42.3 Å². The molecule has 1 amide bonds. The van der Waals surface area contributed by atoms with Gasteiger partial charge in [0.2, 0.25) is 5.91 Å². The van der Waals surface area contributed by atoms with Crippen LogP contribution in [-0.2, 0) is 11.3 Å². The van der Waals surface area contributed by atoms with Crippen molar-refractivity contribution in [2.75, 3.05) is 19.6 Å². The van der Waals surface area contributed by atoms with E-state index in [0.717, 1.165) is 34.9 Å². The quantitative estimate of drug-likeness (QED) is 0.664. The number of carbonyl (C=O) groups excluding carboxylic acids is 1. The molecule has 0 saturated carbocycles. The van der Waals surface area contributed by atoms with Gasteiger partial charge in [-0.15, -0.1) is 11.3 Å². The molecular formula is C20H24N6OS. The topological polar surface area (TPSA) is 75.9 Å². The summed E-state index contributed by atoms with van der Waals surface area (Å²) in [4.78, 5) is 24.4. The number of hydrogen-bond donors (Lipinski definition) is 1. The molecule has 1 fully saturated rings. The highest BCUT2D eigenvalue weighted by atomic mass is 32.1. The van der Waals surface area contributed by atoms with Crippen LogP contribution in [0.4, 0.5) is 0 Å². The first-order chi connectivity index (χ1) is 13.7. The van der Waals surface area contributed by atoms with Gasteiger partial charge in [-0.05, 0) is 44.3 Å². The molecule has 0 bridgehead atoms. The molecular weight excluding hydrogens is 372 g/mol. The van der Waals surface area contributed by atoms with Crippen LogP contribution >= 0.6 is 11.3 Å². The highest BCUT2D eigenvalue weighted by Gasteiger charge is 2.23. The first-order valence-electron chi connectivity index (χ1n) is 9.62. The van der Waals surface area contributed by atoms with Crippen LogP contribution in [-0.4, -0.2) is 56.2 Å². The Morgan fingerprint density at radius 3 is 2.86 bits per heavy atom. The molecule has 4 rings (SSSR count). The Kier molecular flexibility index (Phi) is 5.78. The molecule has 3 aromatic heterocycles. The lowest BCUT2D eigenvalue weighted by atomic mass is 10.1. The molecule has 3 aromatic rings. The number of hydrogen-bond acceptors (Lipinski definition) is 6. The van der Waals surface area contributed by atoms with E-state index in [4.69, 9.17) is 0 Å². The van der Waals surface area contributed by atoms with Crippen molar-refractivity contribution in [3.05, 3.63) is 42.3 Å². The maximum atomic E-state index is 12.5. The number of carbonyl (C=O) groups is 1. The molecule has 1 saturated heterocycles. The van der Waals surface area contributed by atoms with Crippen molar-refractivity contribution in [2.24, 2.45) is 0 Å². The second-order valence-corrected chi connectivity index (χ2v) is 7.86. The summed E-state index contributed by atoms with van der Waals surface area (Å²) >= 11 is 1.66. The second kappa shape index (κ2) is 8.62. The van der Waals surface area contributed by atoms with Crippen LogP contribution in [0.1, 0.15) is 19.8 Å². The summed E-state index contributed by atoms with van der Waals surface area (Å²) in [5.74, 6) is 0.0841. The van der Waals surface area contributed by atoms with Gasteiger partial charge in [-0.25, -0.2) is 0 Å². The van der Waals surface area contributed by atoms with E-state index >= 15 is 0 Å². The van der Waals surface area contributed by atoms with Gasteiger partial charge in [0.1, 0.15) is 0 Å². The van der Waals surface area contributed by atoms with E-state index in [1.54, 1.807) is 29.9 Å². The fourth-order valence-corrected chi connectivity index (χ4v) is 4.37. The minimum absolute atomic E-state index is 0.0768. The third-order valence-corrected chi connectivity index (χ3v) is 6.00. The summed E-state index contributed by atoms with van der Waals surface area (Å²) in [7, 11) is 0. The monoisotopic (exact) mass is 396 g/mol. The van der Waals surface area contributed by atoms with Crippen LogP contribution in [0.5, 0.6) is 0 Å². The zero-order valence-electron chi connectivity index (χ0n) is 15.9. The van der Waals surface area contributed by atoms with E-state index in [-0.39, 0.29) is 11.9 Å². The standard InChI is InChI=1S/C20H24N6OS/c1-15(25-9-2-3-10-25)20(27)23-8-11-26-19(18-5-4-12-28-18)16(13-24-26)17-14-21-6-7-22-17/h4-7,12-15H,2-3,8-11H2,1H3,(H,23,27). The number of amides is 1. The van der Waals surface area contributed by atoms with Gasteiger partial charge in [0.05, 0.1) is 41.2 Å². The normalized spacial score (nSPS) is 15.6. The zero-order valence-corrected chi connectivity index (χ0v) is 16.7. The van der Waals surface area contributed by atoms with Crippen molar-refractivity contribution in [3.63, 3.8) is 0 Å². The van der Waals surface area contributed by atoms with Gasteiger partial charge in [-0.2, -0.15) is 5.10 Å². The van der Waals surface area contributed by atoms with E-state index in [0.29, 0.717) is 13.1 Å².